The van der Waals surface area contributed by atoms with Crippen LogP contribution in [0.4, 0.5) is 5.69 Å². The second-order valence-corrected chi connectivity index (χ2v) is 8.00. The molecule has 3 heterocycles. The number of benzene rings is 2. The quantitative estimate of drug-likeness (QED) is 0.397. The molecule has 0 saturated carbocycles. The van der Waals surface area contributed by atoms with Crippen molar-refractivity contribution in [2.45, 2.75) is 20.8 Å². The van der Waals surface area contributed by atoms with Crippen molar-refractivity contribution in [1.82, 2.24) is 19.7 Å². The van der Waals surface area contributed by atoms with Crippen molar-refractivity contribution in [3.8, 4) is 17.4 Å². The van der Waals surface area contributed by atoms with Crippen molar-refractivity contribution in [2.75, 3.05) is 5.32 Å². The number of nitrogens with zero attached hydrogens (tertiary/aromatic N) is 4. The number of aromatic nitrogens is 4. The number of aryl methyl sites for hydroxylation is 3. The van der Waals surface area contributed by atoms with E-state index in [1.165, 1.54) is 6.07 Å². The van der Waals surface area contributed by atoms with Crippen molar-refractivity contribution in [2.24, 2.45) is 0 Å². The number of para-hydroxylation sites is 1. The normalized spacial score (nSPS) is 10.9. The second kappa shape index (κ2) is 8.86. The molecule has 0 spiro atoms. The molecular weight excluding hydrogens is 446 g/mol. The van der Waals surface area contributed by atoms with Crippen LogP contribution < -0.4 is 15.5 Å². The van der Waals surface area contributed by atoms with Crippen LogP contribution >= 0.6 is 0 Å². The number of amides is 1. The Bertz CT molecular complexity index is 1620. The molecule has 1 N–H and O–H groups in total. The Morgan fingerprint density at radius 3 is 2.49 bits per heavy atom. The smallest absolute Gasteiger partial charge is 0.291 e. The standard InChI is InChI=1S/C26H21N5O4/c1-15-12-16(2)31(30-15)24-14-25(28-17(3)27-24)34-19-10-8-18(9-11-19)29-26(33)23-13-21(32)20-6-4-5-7-22(20)35-23/h4-14H,1-3H3,(H,29,33). The summed E-state index contributed by atoms with van der Waals surface area (Å²) in [5.41, 5.74) is 2.44. The molecule has 0 aliphatic rings. The molecule has 0 aliphatic heterocycles. The third-order valence-corrected chi connectivity index (χ3v) is 5.22. The first-order valence-electron chi connectivity index (χ1n) is 10.9. The summed E-state index contributed by atoms with van der Waals surface area (Å²) >= 11 is 0. The summed E-state index contributed by atoms with van der Waals surface area (Å²) in [6.07, 6.45) is 0. The molecule has 0 radical (unpaired) electrons. The fourth-order valence-electron chi connectivity index (χ4n) is 3.68. The summed E-state index contributed by atoms with van der Waals surface area (Å²) in [6, 6.07) is 18.4. The maximum atomic E-state index is 12.6. The molecule has 35 heavy (non-hydrogen) atoms. The summed E-state index contributed by atoms with van der Waals surface area (Å²) in [4.78, 5) is 33.7. The minimum absolute atomic E-state index is 0.0674. The summed E-state index contributed by atoms with van der Waals surface area (Å²) in [5, 5.41) is 7.61. The van der Waals surface area contributed by atoms with Crippen LogP contribution in [-0.2, 0) is 0 Å². The maximum absolute atomic E-state index is 12.6. The zero-order valence-electron chi connectivity index (χ0n) is 19.3. The van der Waals surface area contributed by atoms with E-state index in [1.54, 1.807) is 66.2 Å². The van der Waals surface area contributed by atoms with Gasteiger partial charge in [-0.15, -0.1) is 0 Å². The van der Waals surface area contributed by atoms with Crippen LogP contribution in [0.2, 0.25) is 0 Å². The fourth-order valence-corrected chi connectivity index (χ4v) is 3.68. The van der Waals surface area contributed by atoms with Crippen molar-refractivity contribution in [3.63, 3.8) is 0 Å². The van der Waals surface area contributed by atoms with Gasteiger partial charge in [-0.25, -0.2) is 9.67 Å². The highest BCUT2D eigenvalue weighted by Crippen LogP contribution is 2.24. The molecule has 2 aromatic carbocycles. The Morgan fingerprint density at radius 2 is 1.74 bits per heavy atom. The van der Waals surface area contributed by atoms with Gasteiger partial charge in [0.15, 0.2) is 17.0 Å². The van der Waals surface area contributed by atoms with E-state index in [-0.39, 0.29) is 11.2 Å². The maximum Gasteiger partial charge on any atom is 0.291 e. The highest BCUT2D eigenvalue weighted by molar-refractivity contribution is 6.03. The van der Waals surface area contributed by atoms with Crippen LogP contribution in [0.3, 0.4) is 0 Å². The van der Waals surface area contributed by atoms with Gasteiger partial charge < -0.3 is 14.5 Å². The number of carbonyl (C=O) groups excluding carboxylic acids is 1. The minimum atomic E-state index is -0.525. The number of nitrogens with one attached hydrogen (secondary N) is 1. The highest BCUT2D eigenvalue weighted by Gasteiger charge is 2.13. The van der Waals surface area contributed by atoms with E-state index >= 15 is 0 Å². The molecule has 0 aliphatic carbocycles. The molecule has 0 bridgehead atoms. The summed E-state index contributed by atoms with van der Waals surface area (Å²) in [5.74, 6) is 1.46. The van der Waals surface area contributed by atoms with Gasteiger partial charge in [0.2, 0.25) is 5.88 Å². The minimum Gasteiger partial charge on any atom is -0.451 e. The topological polar surface area (TPSA) is 112 Å². The van der Waals surface area contributed by atoms with Crippen LogP contribution in [-0.4, -0.2) is 25.7 Å². The predicted octanol–water partition coefficient (Wildman–Crippen LogP) is 4.74. The molecule has 0 fully saturated rings. The lowest BCUT2D eigenvalue weighted by Gasteiger charge is -2.10. The van der Waals surface area contributed by atoms with Gasteiger partial charge in [-0.2, -0.15) is 10.1 Å². The summed E-state index contributed by atoms with van der Waals surface area (Å²) in [7, 11) is 0. The molecule has 5 rings (SSSR count). The third-order valence-electron chi connectivity index (χ3n) is 5.22. The first-order valence-corrected chi connectivity index (χ1v) is 10.9. The number of carbonyl (C=O) groups is 1. The van der Waals surface area contributed by atoms with E-state index in [1.807, 2.05) is 19.9 Å². The van der Waals surface area contributed by atoms with E-state index in [0.29, 0.717) is 39.9 Å². The fraction of sp³-hybridized carbons (Fsp3) is 0.115. The molecule has 0 saturated heterocycles. The SMILES string of the molecule is Cc1cc(C)n(-c2cc(Oc3ccc(NC(=O)c4cc(=O)c5ccccc5o4)cc3)nc(C)n2)n1. The number of rotatable bonds is 5. The molecule has 1 amide bonds. The predicted molar refractivity (Wildman–Crippen MR) is 130 cm³/mol. The van der Waals surface area contributed by atoms with Gasteiger partial charge >= 0.3 is 0 Å². The zero-order valence-corrected chi connectivity index (χ0v) is 19.3. The van der Waals surface area contributed by atoms with Crippen LogP contribution in [0, 0.1) is 20.8 Å². The van der Waals surface area contributed by atoms with E-state index in [2.05, 4.69) is 20.4 Å². The summed E-state index contributed by atoms with van der Waals surface area (Å²) < 4.78 is 13.2. The van der Waals surface area contributed by atoms with Gasteiger partial charge in [0.25, 0.3) is 5.91 Å². The largest absolute Gasteiger partial charge is 0.451 e. The van der Waals surface area contributed by atoms with Crippen molar-refractivity contribution in [3.05, 3.63) is 99.9 Å². The average molecular weight is 467 g/mol. The number of fused-ring (bicyclic) bond motifs is 1. The number of hydrogen-bond acceptors (Lipinski definition) is 7. The van der Waals surface area contributed by atoms with E-state index in [0.717, 1.165) is 11.4 Å². The van der Waals surface area contributed by atoms with Crippen LogP contribution in [0.25, 0.3) is 16.8 Å². The lowest BCUT2D eigenvalue weighted by atomic mass is 10.2. The van der Waals surface area contributed by atoms with Gasteiger partial charge in [-0.3, -0.25) is 9.59 Å². The van der Waals surface area contributed by atoms with Crippen molar-refractivity contribution < 1.29 is 13.9 Å². The van der Waals surface area contributed by atoms with Crippen LogP contribution in [0.5, 0.6) is 11.6 Å². The molecule has 174 valence electrons. The van der Waals surface area contributed by atoms with Gasteiger partial charge in [-0.05, 0) is 63.2 Å². The Kier molecular flexibility index (Phi) is 5.58. The molecule has 5 aromatic rings. The average Bonchev–Trinajstić information content (AvgIpc) is 3.18. The van der Waals surface area contributed by atoms with E-state index in [4.69, 9.17) is 9.15 Å². The van der Waals surface area contributed by atoms with E-state index < -0.39 is 5.91 Å². The number of ether oxygens (including phenoxy) is 1. The Morgan fingerprint density at radius 1 is 0.971 bits per heavy atom. The molecule has 3 aromatic heterocycles. The monoisotopic (exact) mass is 467 g/mol. The van der Waals surface area contributed by atoms with Crippen molar-refractivity contribution in [1.29, 1.82) is 0 Å². The first kappa shape index (κ1) is 22.0. The molecule has 9 nitrogen and oxygen atoms in total. The highest BCUT2D eigenvalue weighted by atomic mass is 16.5. The second-order valence-electron chi connectivity index (χ2n) is 8.00. The lowest BCUT2D eigenvalue weighted by Crippen LogP contribution is -2.14. The molecular formula is C26H21N5O4. The lowest BCUT2D eigenvalue weighted by molar-refractivity contribution is 0.0997. The van der Waals surface area contributed by atoms with Crippen molar-refractivity contribution >= 4 is 22.6 Å². The first-order chi connectivity index (χ1) is 16.9. The van der Waals surface area contributed by atoms with Crippen LogP contribution in [0.15, 0.2) is 75.9 Å². The van der Waals surface area contributed by atoms with Gasteiger partial charge in [-0.1, -0.05) is 12.1 Å². The third kappa shape index (κ3) is 4.65. The Labute approximate surface area is 200 Å². The molecule has 9 heteroatoms. The summed E-state index contributed by atoms with van der Waals surface area (Å²) in [6.45, 7) is 5.66. The molecule has 0 atom stereocenters. The number of anilines is 1. The van der Waals surface area contributed by atoms with E-state index in [9.17, 15) is 9.59 Å². The Balaban J connectivity index is 1.32. The van der Waals surface area contributed by atoms with Crippen LogP contribution in [0.1, 0.15) is 27.8 Å². The molecule has 0 unspecified atom stereocenters. The van der Waals surface area contributed by atoms with Gasteiger partial charge in [0.05, 0.1) is 11.1 Å². The zero-order chi connectivity index (χ0) is 24.5. The van der Waals surface area contributed by atoms with Gasteiger partial charge in [0.1, 0.15) is 17.2 Å². The number of hydrogen-bond donors (Lipinski definition) is 1. The van der Waals surface area contributed by atoms with Gasteiger partial charge in [0, 0.05) is 23.5 Å². The Hall–Kier alpha value is -4.79.